The number of aldehydes is 1. The van der Waals surface area contributed by atoms with Gasteiger partial charge in [-0.3, -0.25) is 4.79 Å². The predicted molar refractivity (Wildman–Crippen MR) is 29.5 cm³/mol. The SMILES string of the molecule is O=Cc1cc(F)cnc1F. The molecular weight excluding hydrogens is 140 g/mol. The average Bonchev–Trinajstić information content (AvgIpc) is 1.94. The van der Waals surface area contributed by atoms with E-state index >= 15 is 0 Å². The summed E-state index contributed by atoms with van der Waals surface area (Å²) in [6.07, 6.45) is 0.924. The van der Waals surface area contributed by atoms with E-state index < -0.39 is 11.8 Å². The van der Waals surface area contributed by atoms with Crippen molar-refractivity contribution in [2.24, 2.45) is 0 Å². The van der Waals surface area contributed by atoms with Gasteiger partial charge in [0.05, 0.1) is 11.8 Å². The van der Waals surface area contributed by atoms with Crippen LogP contribution in [0.3, 0.4) is 0 Å². The molecule has 1 aromatic rings. The standard InChI is InChI=1S/C6H3F2NO/c7-5-1-4(3-10)6(8)9-2-5/h1-3H. The molecule has 0 fully saturated rings. The summed E-state index contributed by atoms with van der Waals surface area (Å²) in [5.41, 5.74) is -0.361. The summed E-state index contributed by atoms with van der Waals surface area (Å²) in [7, 11) is 0. The molecule has 0 bridgehead atoms. The van der Waals surface area contributed by atoms with Crippen LogP contribution in [0.1, 0.15) is 10.4 Å². The maximum Gasteiger partial charge on any atom is 0.223 e. The molecule has 0 atom stereocenters. The molecule has 2 nitrogen and oxygen atoms in total. The minimum Gasteiger partial charge on any atom is -0.298 e. The molecule has 1 aromatic heterocycles. The Morgan fingerprint density at radius 2 is 2.20 bits per heavy atom. The van der Waals surface area contributed by atoms with E-state index in [0.29, 0.717) is 6.20 Å². The van der Waals surface area contributed by atoms with E-state index in [0.717, 1.165) is 6.07 Å². The topological polar surface area (TPSA) is 30.0 Å². The number of halogens is 2. The lowest BCUT2D eigenvalue weighted by Crippen LogP contribution is -1.92. The Kier molecular flexibility index (Phi) is 1.71. The fourth-order valence-corrected chi connectivity index (χ4v) is 0.521. The Hall–Kier alpha value is -1.32. The van der Waals surface area contributed by atoms with Crippen molar-refractivity contribution in [3.63, 3.8) is 0 Å². The Bertz CT molecular complexity index is 262. The lowest BCUT2D eigenvalue weighted by Gasteiger charge is -1.90. The van der Waals surface area contributed by atoms with Crippen molar-refractivity contribution in [2.75, 3.05) is 0 Å². The van der Waals surface area contributed by atoms with Crippen molar-refractivity contribution in [3.8, 4) is 0 Å². The first-order valence-corrected chi connectivity index (χ1v) is 2.50. The summed E-state index contributed by atoms with van der Waals surface area (Å²) in [5, 5.41) is 0. The number of hydrogen-bond acceptors (Lipinski definition) is 2. The summed E-state index contributed by atoms with van der Waals surface area (Å²) in [6, 6.07) is 0.787. The molecule has 0 saturated heterocycles. The molecular formula is C6H3F2NO. The minimum absolute atomic E-state index is 0.214. The quantitative estimate of drug-likeness (QED) is 0.436. The van der Waals surface area contributed by atoms with Gasteiger partial charge in [0, 0.05) is 0 Å². The van der Waals surface area contributed by atoms with Crippen LogP contribution in [-0.4, -0.2) is 11.3 Å². The fraction of sp³-hybridized carbons (Fsp3) is 0. The second-order valence-electron chi connectivity index (χ2n) is 1.65. The molecule has 0 saturated carbocycles. The van der Waals surface area contributed by atoms with Gasteiger partial charge in [0.25, 0.3) is 0 Å². The second-order valence-corrected chi connectivity index (χ2v) is 1.65. The molecule has 1 rings (SSSR count). The first kappa shape index (κ1) is 6.80. The van der Waals surface area contributed by atoms with Crippen LogP contribution in [0.5, 0.6) is 0 Å². The minimum atomic E-state index is -0.948. The van der Waals surface area contributed by atoms with Crippen LogP contribution < -0.4 is 0 Å². The lowest BCUT2D eigenvalue weighted by atomic mass is 10.3. The zero-order chi connectivity index (χ0) is 7.56. The molecule has 10 heavy (non-hydrogen) atoms. The largest absolute Gasteiger partial charge is 0.298 e. The molecule has 0 aromatic carbocycles. The Morgan fingerprint density at radius 1 is 1.50 bits per heavy atom. The van der Waals surface area contributed by atoms with Crippen LogP contribution in [0.4, 0.5) is 8.78 Å². The first-order valence-electron chi connectivity index (χ1n) is 2.50. The van der Waals surface area contributed by atoms with Crippen LogP contribution >= 0.6 is 0 Å². The molecule has 52 valence electrons. The highest BCUT2D eigenvalue weighted by atomic mass is 19.1. The third kappa shape index (κ3) is 1.15. The van der Waals surface area contributed by atoms with E-state index in [1.807, 2.05) is 0 Å². The van der Waals surface area contributed by atoms with Crippen molar-refractivity contribution >= 4 is 6.29 Å². The number of carbonyl (C=O) groups is 1. The van der Waals surface area contributed by atoms with E-state index in [-0.39, 0.29) is 11.8 Å². The number of pyridine rings is 1. The Morgan fingerprint density at radius 3 is 2.70 bits per heavy atom. The summed E-state index contributed by atoms with van der Waals surface area (Å²) < 4.78 is 24.4. The monoisotopic (exact) mass is 143 g/mol. The number of nitrogens with zero attached hydrogens (tertiary/aromatic N) is 1. The van der Waals surface area contributed by atoms with E-state index in [1.165, 1.54) is 0 Å². The highest BCUT2D eigenvalue weighted by Gasteiger charge is 2.01. The second kappa shape index (κ2) is 2.51. The molecule has 0 aliphatic heterocycles. The fourth-order valence-electron chi connectivity index (χ4n) is 0.521. The van der Waals surface area contributed by atoms with E-state index in [4.69, 9.17) is 0 Å². The summed E-state index contributed by atoms with van der Waals surface area (Å²) in [4.78, 5) is 12.9. The molecule has 0 unspecified atom stereocenters. The van der Waals surface area contributed by atoms with Crippen molar-refractivity contribution in [2.45, 2.75) is 0 Å². The van der Waals surface area contributed by atoms with Crippen LogP contribution in [0.15, 0.2) is 12.3 Å². The smallest absolute Gasteiger partial charge is 0.223 e. The third-order valence-corrected chi connectivity index (χ3v) is 0.960. The first-order chi connectivity index (χ1) is 4.74. The van der Waals surface area contributed by atoms with Gasteiger partial charge in [0.2, 0.25) is 5.95 Å². The lowest BCUT2D eigenvalue weighted by molar-refractivity contribution is 0.111. The maximum atomic E-state index is 12.3. The number of carbonyl (C=O) groups excluding carboxylic acids is 1. The number of hydrogen-bond donors (Lipinski definition) is 0. The molecule has 0 N–H and O–H groups in total. The molecule has 1 heterocycles. The third-order valence-electron chi connectivity index (χ3n) is 0.960. The zero-order valence-electron chi connectivity index (χ0n) is 4.84. The highest BCUT2D eigenvalue weighted by molar-refractivity contribution is 5.74. The summed E-state index contributed by atoms with van der Waals surface area (Å²) in [5.74, 6) is -1.67. The van der Waals surface area contributed by atoms with Crippen LogP contribution in [-0.2, 0) is 0 Å². The number of rotatable bonds is 1. The molecule has 4 heteroatoms. The van der Waals surface area contributed by atoms with Gasteiger partial charge in [-0.15, -0.1) is 0 Å². The average molecular weight is 143 g/mol. The molecule has 0 aliphatic rings. The van der Waals surface area contributed by atoms with Gasteiger partial charge in [-0.05, 0) is 6.07 Å². The zero-order valence-corrected chi connectivity index (χ0v) is 4.84. The molecule has 0 aliphatic carbocycles. The van der Waals surface area contributed by atoms with Gasteiger partial charge < -0.3 is 0 Å². The van der Waals surface area contributed by atoms with Gasteiger partial charge in [-0.25, -0.2) is 9.37 Å². The summed E-state index contributed by atoms with van der Waals surface area (Å²) >= 11 is 0. The van der Waals surface area contributed by atoms with Gasteiger partial charge in [0.15, 0.2) is 6.29 Å². The Labute approximate surface area is 55.5 Å². The normalized spacial score (nSPS) is 9.40. The van der Waals surface area contributed by atoms with E-state index in [9.17, 15) is 13.6 Å². The van der Waals surface area contributed by atoms with Crippen molar-refractivity contribution in [1.29, 1.82) is 0 Å². The summed E-state index contributed by atoms with van der Waals surface area (Å²) in [6.45, 7) is 0. The molecule has 0 spiro atoms. The van der Waals surface area contributed by atoms with Gasteiger partial charge in [-0.2, -0.15) is 4.39 Å². The van der Waals surface area contributed by atoms with Crippen molar-refractivity contribution in [1.82, 2.24) is 4.98 Å². The maximum absolute atomic E-state index is 12.3. The van der Waals surface area contributed by atoms with Crippen molar-refractivity contribution < 1.29 is 13.6 Å². The molecule has 0 radical (unpaired) electrons. The van der Waals surface area contributed by atoms with Gasteiger partial charge in [-0.1, -0.05) is 0 Å². The van der Waals surface area contributed by atoms with Gasteiger partial charge >= 0.3 is 0 Å². The van der Waals surface area contributed by atoms with E-state index in [1.54, 1.807) is 0 Å². The van der Waals surface area contributed by atoms with Crippen LogP contribution in [0.25, 0.3) is 0 Å². The van der Waals surface area contributed by atoms with Crippen LogP contribution in [0.2, 0.25) is 0 Å². The molecule has 0 amide bonds. The van der Waals surface area contributed by atoms with Crippen molar-refractivity contribution in [3.05, 3.63) is 29.6 Å². The van der Waals surface area contributed by atoms with Gasteiger partial charge in [0.1, 0.15) is 5.82 Å². The highest BCUT2D eigenvalue weighted by Crippen LogP contribution is 2.02. The predicted octanol–water partition coefficient (Wildman–Crippen LogP) is 1.17. The van der Waals surface area contributed by atoms with E-state index in [2.05, 4.69) is 4.98 Å². The number of aromatic nitrogens is 1. The Balaban J connectivity index is 3.21. The van der Waals surface area contributed by atoms with Crippen LogP contribution in [0, 0.1) is 11.8 Å².